The van der Waals surface area contributed by atoms with Crippen molar-refractivity contribution in [3.8, 4) is 0 Å². The Balaban J connectivity index is 1.80. The van der Waals surface area contributed by atoms with E-state index < -0.39 is 0 Å². The number of carbonyl (C=O) groups is 1. The van der Waals surface area contributed by atoms with Crippen LogP contribution in [0.15, 0.2) is 12.1 Å². The summed E-state index contributed by atoms with van der Waals surface area (Å²) in [4.78, 5) is 12.8. The van der Waals surface area contributed by atoms with Crippen LogP contribution in [0.4, 0.5) is 4.39 Å². The molecule has 114 valence electrons. The van der Waals surface area contributed by atoms with E-state index in [-0.39, 0.29) is 17.5 Å². The molecule has 0 amide bonds. The first-order chi connectivity index (χ1) is 10.1. The molecule has 21 heavy (non-hydrogen) atoms. The quantitative estimate of drug-likeness (QED) is 0.681. The van der Waals surface area contributed by atoms with Gasteiger partial charge in [-0.3, -0.25) is 4.79 Å². The summed E-state index contributed by atoms with van der Waals surface area (Å²) in [5, 5.41) is 0. The molecule has 3 atom stereocenters. The molecule has 0 aromatic heterocycles. The zero-order valence-corrected chi connectivity index (χ0v) is 13.1. The molecule has 0 radical (unpaired) electrons. The normalized spacial score (nSPS) is 29.0. The van der Waals surface area contributed by atoms with Crippen LogP contribution < -0.4 is 0 Å². The summed E-state index contributed by atoms with van der Waals surface area (Å²) in [5.41, 5.74) is 2.03. The first-order valence-electron chi connectivity index (χ1n) is 8.37. The number of aryl methyl sites for hydroxylation is 2. The van der Waals surface area contributed by atoms with Crippen molar-refractivity contribution in [3.63, 3.8) is 0 Å². The van der Waals surface area contributed by atoms with Crippen LogP contribution in [0.1, 0.15) is 66.4 Å². The Kier molecular flexibility index (Phi) is 4.14. The van der Waals surface area contributed by atoms with Gasteiger partial charge >= 0.3 is 0 Å². The molecule has 2 aliphatic rings. The zero-order valence-electron chi connectivity index (χ0n) is 13.1. The number of ketones is 1. The Labute approximate surface area is 126 Å². The van der Waals surface area contributed by atoms with Gasteiger partial charge in [0.15, 0.2) is 5.78 Å². The van der Waals surface area contributed by atoms with Crippen LogP contribution in [-0.2, 0) is 0 Å². The molecule has 0 saturated heterocycles. The topological polar surface area (TPSA) is 17.1 Å². The van der Waals surface area contributed by atoms with E-state index in [1.807, 2.05) is 19.9 Å². The maximum absolute atomic E-state index is 14.2. The van der Waals surface area contributed by atoms with Gasteiger partial charge in [0, 0.05) is 5.92 Å². The van der Waals surface area contributed by atoms with E-state index in [0.717, 1.165) is 36.3 Å². The van der Waals surface area contributed by atoms with Gasteiger partial charge in [0.1, 0.15) is 5.82 Å². The predicted octanol–water partition coefficient (Wildman–Crippen LogP) is 5.23. The van der Waals surface area contributed by atoms with Crippen molar-refractivity contribution in [3.05, 3.63) is 34.6 Å². The minimum Gasteiger partial charge on any atom is -0.294 e. The Morgan fingerprint density at radius 2 is 1.76 bits per heavy atom. The molecule has 2 heteroatoms. The van der Waals surface area contributed by atoms with Crippen molar-refractivity contribution in [1.29, 1.82) is 0 Å². The first kappa shape index (κ1) is 14.7. The fourth-order valence-electron chi connectivity index (χ4n) is 4.54. The van der Waals surface area contributed by atoms with Crippen molar-refractivity contribution in [2.45, 2.75) is 58.8 Å². The Morgan fingerprint density at radius 3 is 2.48 bits per heavy atom. The van der Waals surface area contributed by atoms with E-state index >= 15 is 0 Å². The molecule has 2 aliphatic carbocycles. The van der Waals surface area contributed by atoms with Crippen LogP contribution in [0.2, 0.25) is 0 Å². The zero-order chi connectivity index (χ0) is 15.0. The summed E-state index contributed by atoms with van der Waals surface area (Å²) in [5.74, 6) is 1.29. The third kappa shape index (κ3) is 2.90. The number of halogens is 1. The molecule has 0 spiro atoms. The molecule has 1 aromatic carbocycles. The molecule has 1 nitrogen and oxygen atoms in total. The number of rotatable bonds is 2. The largest absolute Gasteiger partial charge is 0.294 e. The van der Waals surface area contributed by atoms with Gasteiger partial charge in [0.2, 0.25) is 0 Å². The first-order valence-corrected chi connectivity index (χ1v) is 8.37. The van der Waals surface area contributed by atoms with E-state index in [1.54, 1.807) is 0 Å². The SMILES string of the molecule is Cc1cc(C)c(C(=O)C2CCC3CCCCC3C2)c(F)c1. The maximum atomic E-state index is 14.2. The highest BCUT2D eigenvalue weighted by Gasteiger charge is 2.36. The van der Waals surface area contributed by atoms with Crippen LogP contribution in [0, 0.1) is 37.4 Å². The molecule has 0 aliphatic heterocycles. The number of hydrogen-bond acceptors (Lipinski definition) is 1. The molecule has 1 aromatic rings. The lowest BCUT2D eigenvalue weighted by Crippen LogP contribution is -2.31. The van der Waals surface area contributed by atoms with Gasteiger partial charge in [0.25, 0.3) is 0 Å². The second kappa shape index (κ2) is 5.90. The molecule has 0 bridgehead atoms. The fraction of sp³-hybridized carbons (Fsp3) is 0.632. The summed E-state index contributed by atoms with van der Waals surface area (Å²) in [6.07, 6.45) is 8.36. The lowest BCUT2D eigenvalue weighted by Gasteiger charge is -2.38. The molecular formula is C19H25FO. The molecule has 2 fully saturated rings. The van der Waals surface area contributed by atoms with Crippen LogP contribution >= 0.6 is 0 Å². The van der Waals surface area contributed by atoms with E-state index in [1.165, 1.54) is 31.7 Å². The van der Waals surface area contributed by atoms with Crippen LogP contribution in [0.3, 0.4) is 0 Å². The van der Waals surface area contributed by atoms with Gasteiger partial charge in [-0.05, 0) is 62.1 Å². The van der Waals surface area contributed by atoms with Gasteiger partial charge in [-0.15, -0.1) is 0 Å². The number of fused-ring (bicyclic) bond motifs is 1. The van der Waals surface area contributed by atoms with Gasteiger partial charge in [0.05, 0.1) is 5.56 Å². The molecule has 3 unspecified atom stereocenters. The molecule has 2 saturated carbocycles. The van der Waals surface area contributed by atoms with Crippen LogP contribution in [0.5, 0.6) is 0 Å². The standard InChI is InChI=1S/C19H25FO/c1-12-9-13(2)18(17(20)10-12)19(21)16-8-7-14-5-3-4-6-15(14)11-16/h9-10,14-16H,3-8,11H2,1-2H3. The second-order valence-corrected chi connectivity index (χ2v) is 7.12. The molecule has 3 rings (SSSR count). The summed E-state index contributed by atoms with van der Waals surface area (Å²) in [7, 11) is 0. The minimum atomic E-state index is -0.330. The van der Waals surface area contributed by atoms with E-state index in [9.17, 15) is 9.18 Å². The van der Waals surface area contributed by atoms with Crippen molar-refractivity contribution < 1.29 is 9.18 Å². The van der Waals surface area contributed by atoms with Crippen LogP contribution in [-0.4, -0.2) is 5.78 Å². The Bertz CT molecular complexity index is 525. The van der Waals surface area contributed by atoms with E-state index in [4.69, 9.17) is 0 Å². The lowest BCUT2D eigenvalue weighted by molar-refractivity contribution is 0.0759. The Hall–Kier alpha value is -1.18. The number of hydrogen-bond donors (Lipinski definition) is 0. The third-order valence-electron chi connectivity index (χ3n) is 5.59. The second-order valence-electron chi connectivity index (χ2n) is 7.12. The monoisotopic (exact) mass is 288 g/mol. The minimum absolute atomic E-state index is 0.0419. The van der Waals surface area contributed by atoms with Crippen molar-refractivity contribution >= 4 is 5.78 Å². The van der Waals surface area contributed by atoms with Gasteiger partial charge in [-0.25, -0.2) is 4.39 Å². The summed E-state index contributed by atoms with van der Waals surface area (Å²) >= 11 is 0. The summed E-state index contributed by atoms with van der Waals surface area (Å²) < 4.78 is 14.2. The smallest absolute Gasteiger partial charge is 0.169 e. The average Bonchev–Trinajstić information content (AvgIpc) is 2.45. The number of Topliss-reactive ketones (excluding diaryl/α,β-unsaturated/α-hetero) is 1. The average molecular weight is 288 g/mol. The molecule has 0 heterocycles. The maximum Gasteiger partial charge on any atom is 0.169 e. The lowest BCUT2D eigenvalue weighted by atomic mass is 9.66. The predicted molar refractivity (Wildman–Crippen MR) is 83.0 cm³/mol. The van der Waals surface area contributed by atoms with Crippen molar-refractivity contribution in [1.82, 2.24) is 0 Å². The molecular weight excluding hydrogens is 263 g/mol. The van der Waals surface area contributed by atoms with E-state index in [2.05, 4.69) is 0 Å². The van der Waals surface area contributed by atoms with Gasteiger partial charge in [-0.2, -0.15) is 0 Å². The van der Waals surface area contributed by atoms with Crippen molar-refractivity contribution in [2.75, 3.05) is 0 Å². The number of benzene rings is 1. The third-order valence-corrected chi connectivity index (χ3v) is 5.59. The van der Waals surface area contributed by atoms with Gasteiger partial charge < -0.3 is 0 Å². The van der Waals surface area contributed by atoms with E-state index in [0.29, 0.717) is 11.5 Å². The van der Waals surface area contributed by atoms with Gasteiger partial charge in [-0.1, -0.05) is 31.7 Å². The number of carbonyl (C=O) groups excluding carboxylic acids is 1. The van der Waals surface area contributed by atoms with Crippen LogP contribution in [0.25, 0.3) is 0 Å². The highest BCUT2D eigenvalue weighted by molar-refractivity contribution is 5.99. The highest BCUT2D eigenvalue weighted by atomic mass is 19.1. The Morgan fingerprint density at radius 1 is 1.05 bits per heavy atom. The van der Waals surface area contributed by atoms with Crippen molar-refractivity contribution in [2.24, 2.45) is 17.8 Å². The molecule has 0 N–H and O–H groups in total. The fourth-order valence-corrected chi connectivity index (χ4v) is 4.54. The summed E-state index contributed by atoms with van der Waals surface area (Å²) in [6.45, 7) is 3.73. The highest BCUT2D eigenvalue weighted by Crippen LogP contribution is 2.43. The summed E-state index contributed by atoms with van der Waals surface area (Å²) in [6, 6.07) is 3.41.